The highest BCUT2D eigenvalue weighted by molar-refractivity contribution is 5.92. The lowest BCUT2D eigenvalue weighted by molar-refractivity contribution is -0.115. The van der Waals surface area contributed by atoms with E-state index in [4.69, 9.17) is 31.4 Å². The molecule has 4 aromatic rings. The first-order valence-electron chi connectivity index (χ1n) is 13.6. The Morgan fingerprint density at radius 1 is 0.644 bits per heavy atom. The largest absolute Gasteiger partial charge is 0.455 e. The molecule has 9 N–H and O–H groups in total. The van der Waals surface area contributed by atoms with E-state index in [2.05, 4.69) is 25.9 Å². The van der Waals surface area contributed by atoms with E-state index in [0.717, 1.165) is 0 Å². The molecule has 236 valence electrons. The highest BCUT2D eigenvalue weighted by Crippen LogP contribution is 2.33. The second kappa shape index (κ2) is 14.9. The van der Waals surface area contributed by atoms with Crippen LogP contribution in [0.2, 0.25) is 0 Å². The number of amides is 3. The number of benzene rings is 2. The van der Waals surface area contributed by atoms with Gasteiger partial charge in [-0.05, 0) is 69.3 Å². The van der Waals surface area contributed by atoms with Crippen molar-refractivity contribution in [1.29, 1.82) is 0 Å². The molecule has 14 heteroatoms. The number of pyridine rings is 2. The number of carbonyl (C=O) groups is 3. The van der Waals surface area contributed by atoms with Crippen molar-refractivity contribution in [2.75, 3.05) is 33.2 Å². The van der Waals surface area contributed by atoms with E-state index in [0.29, 0.717) is 34.4 Å². The molecule has 0 saturated carbocycles. The van der Waals surface area contributed by atoms with Crippen LogP contribution in [0.5, 0.6) is 23.0 Å². The smallest absolute Gasteiger partial charge is 0.412 e. The van der Waals surface area contributed by atoms with Gasteiger partial charge in [0.1, 0.15) is 28.5 Å². The van der Waals surface area contributed by atoms with Crippen molar-refractivity contribution in [3.8, 4) is 23.0 Å². The number of hydrogen-bond donors (Lipinski definition) is 6. The monoisotopic (exact) mass is 616 g/mol. The summed E-state index contributed by atoms with van der Waals surface area (Å²) in [5.41, 5.74) is 18.6. The number of anilines is 6. The molecule has 0 fully saturated rings. The van der Waals surface area contributed by atoms with Gasteiger partial charge in [0.2, 0.25) is 11.8 Å². The fourth-order valence-corrected chi connectivity index (χ4v) is 3.44. The van der Waals surface area contributed by atoms with E-state index in [1.807, 2.05) is 0 Å². The Kier molecular flexibility index (Phi) is 11.1. The maximum absolute atomic E-state index is 11.8. The maximum Gasteiger partial charge on any atom is 0.412 e. The number of rotatable bonds is 7. The van der Waals surface area contributed by atoms with Crippen LogP contribution in [0.25, 0.3) is 0 Å². The molecule has 0 aliphatic rings. The van der Waals surface area contributed by atoms with E-state index in [1.54, 1.807) is 81.4 Å². The lowest BCUT2D eigenvalue weighted by Crippen LogP contribution is -2.27. The average Bonchev–Trinajstić information content (AvgIpc) is 2.94. The molecule has 0 unspecified atom stereocenters. The Morgan fingerprint density at radius 3 is 1.47 bits per heavy atom. The van der Waals surface area contributed by atoms with Crippen molar-refractivity contribution in [3.63, 3.8) is 0 Å². The zero-order valence-electron chi connectivity index (χ0n) is 25.5. The zero-order chi connectivity index (χ0) is 33.1. The number of carbonyl (C=O) groups excluding carboxylic acids is 3. The summed E-state index contributed by atoms with van der Waals surface area (Å²) in [7, 11) is 0. The Balaban J connectivity index is 0.000000257. The van der Waals surface area contributed by atoms with E-state index in [-0.39, 0.29) is 34.8 Å². The molecule has 0 aliphatic heterocycles. The quantitative estimate of drug-likeness (QED) is 0.137. The van der Waals surface area contributed by atoms with Crippen LogP contribution in [0.3, 0.4) is 0 Å². The van der Waals surface area contributed by atoms with Crippen molar-refractivity contribution in [2.45, 2.75) is 40.2 Å². The van der Waals surface area contributed by atoms with Crippen molar-refractivity contribution < 1.29 is 28.6 Å². The van der Waals surface area contributed by atoms with Gasteiger partial charge in [0.15, 0.2) is 23.1 Å². The van der Waals surface area contributed by atoms with E-state index < -0.39 is 11.7 Å². The van der Waals surface area contributed by atoms with Crippen molar-refractivity contribution in [3.05, 3.63) is 73.1 Å². The molecule has 2 aromatic carbocycles. The van der Waals surface area contributed by atoms with Crippen LogP contribution in [0, 0.1) is 0 Å². The Morgan fingerprint density at radius 2 is 1.07 bits per heavy atom. The predicted octanol–water partition coefficient (Wildman–Crippen LogP) is 5.76. The molecule has 0 bridgehead atoms. The van der Waals surface area contributed by atoms with Crippen LogP contribution in [-0.4, -0.2) is 33.5 Å². The second-order valence-electron chi connectivity index (χ2n) is 10.4. The van der Waals surface area contributed by atoms with Crippen LogP contribution in [0.1, 0.15) is 34.6 Å². The van der Waals surface area contributed by atoms with Gasteiger partial charge in [0.25, 0.3) is 0 Å². The average molecular weight is 617 g/mol. The maximum atomic E-state index is 11.8. The summed E-state index contributed by atoms with van der Waals surface area (Å²) in [6, 6.07) is 16.8. The first-order chi connectivity index (χ1) is 21.2. The van der Waals surface area contributed by atoms with Gasteiger partial charge in [-0.25, -0.2) is 14.8 Å². The second-order valence-corrected chi connectivity index (χ2v) is 10.4. The molecular weight excluding hydrogens is 580 g/mol. The van der Waals surface area contributed by atoms with E-state index >= 15 is 0 Å². The summed E-state index contributed by atoms with van der Waals surface area (Å²) >= 11 is 0. The zero-order valence-corrected chi connectivity index (χ0v) is 25.5. The van der Waals surface area contributed by atoms with Gasteiger partial charge in [-0.1, -0.05) is 0 Å². The molecule has 2 heterocycles. The Bertz CT molecular complexity index is 1640. The number of nitrogens with two attached hydrogens (primary N) is 3. The summed E-state index contributed by atoms with van der Waals surface area (Å²) in [6.07, 6.45) is 2.45. The summed E-state index contributed by atoms with van der Waals surface area (Å²) in [5, 5.41) is 7.70. The van der Waals surface area contributed by atoms with Crippen LogP contribution in [-0.2, 0) is 14.3 Å². The number of aromatic nitrogens is 2. The first-order valence-corrected chi connectivity index (χ1v) is 13.6. The fraction of sp³-hybridized carbons (Fsp3) is 0.194. The minimum absolute atomic E-state index is 0.221. The van der Waals surface area contributed by atoms with Gasteiger partial charge in [-0.3, -0.25) is 14.9 Å². The van der Waals surface area contributed by atoms with Gasteiger partial charge < -0.3 is 42.0 Å². The van der Waals surface area contributed by atoms with Gasteiger partial charge in [0.05, 0.1) is 0 Å². The molecular formula is C31H36N8O6. The number of hydrogen-bond acceptors (Lipinski definition) is 11. The molecule has 2 aromatic heterocycles. The SMILES string of the molecule is CC(=O)Nc1nccc(Oc2ccc(N)cc2)c1N.CC(=O)Nc1nccc(Oc2ccc(NC(=O)OC(C)(C)C)cc2)c1N. The van der Waals surface area contributed by atoms with Crippen LogP contribution < -0.4 is 42.6 Å². The summed E-state index contributed by atoms with van der Waals surface area (Å²) in [4.78, 5) is 41.9. The third-order valence-corrected chi connectivity index (χ3v) is 5.32. The normalized spacial score (nSPS) is 10.4. The van der Waals surface area contributed by atoms with Crippen LogP contribution in [0.4, 0.5) is 39.2 Å². The molecule has 0 radical (unpaired) electrons. The van der Waals surface area contributed by atoms with Gasteiger partial charge in [-0.2, -0.15) is 0 Å². The van der Waals surface area contributed by atoms with Gasteiger partial charge in [-0.15, -0.1) is 0 Å². The predicted molar refractivity (Wildman–Crippen MR) is 173 cm³/mol. The molecule has 45 heavy (non-hydrogen) atoms. The van der Waals surface area contributed by atoms with E-state index in [9.17, 15) is 14.4 Å². The molecule has 0 saturated heterocycles. The first kappa shape index (κ1) is 33.5. The topological polar surface area (TPSA) is 219 Å². The van der Waals surface area contributed by atoms with Crippen LogP contribution >= 0.6 is 0 Å². The summed E-state index contributed by atoms with van der Waals surface area (Å²) in [5.74, 6) is 1.87. The van der Waals surface area contributed by atoms with Crippen molar-refractivity contribution >= 4 is 52.3 Å². The van der Waals surface area contributed by atoms with Crippen LogP contribution in [0.15, 0.2) is 73.1 Å². The summed E-state index contributed by atoms with van der Waals surface area (Å²) in [6.45, 7) is 8.12. The third-order valence-electron chi connectivity index (χ3n) is 5.32. The molecule has 0 spiro atoms. The highest BCUT2D eigenvalue weighted by Gasteiger charge is 2.16. The number of nitrogens with zero attached hydrogens (tertiary/aromatic N) is 2. The molecule has 3 amide bonds. The number of nitrogen functional groups attached to an aromatic ring is 3. The minimum Gasteiger partial charge on any atom is -0.455 e. The van der Waals surface area contributed by atoms with Gasteiger partial charge in [0, 0.05) is 49.7 Å². The Hall–Kier alpha value is -6.05. The fourth-order valence-electron chi connectivity index (χ4n) is 3.44. The highest BCUT2D eigenvalue weighted by atomic mass is 16.6. The molecule has 0 aliphatic carbocycles. The summed E-state index contributed by atoms with van der Waals surface area (Å²) < 4.78 is 16.5. The molecule has 4 rings (SSSR count). The number of ether oxygens (including phenoxy) is 3. The molecule has 0 atom stereocenters. The standard InChI is InChI=1S/C18H22N4O4.C13H14N4O2/c1-11(23)21-16-15(19)14(9-10-20-16)25-13-7-5-12(6-8-13)22-17(24)26-18(2,3)4;1-8(18)17-13-12(15)11(6-7-16-13)19-10-4-2-9(14)3-5-10/h5-10H,19H2,1-4H3,(H,22,24)(H,20,21,23);2-7H,14-15H2,1H3,(H,16,17,18). The third kappa shape index (κ3) is 10.9. The lowest BCUT2D eigenvalue weighted by Gasteiger charge is -2.19. The van der Waals surface area contributed by atoms with E-state index in [1.165, 1.54) is 26.2 Å². The lowest BCUT2D eigenvalue weighted by atomic mass is 10.2. The van der Waals surface area contributed by atoms with Gasteiger partial charge >= 0.3 is 6.09 Å². The minimum atomic E-state index is -0.572. The number of nitrogens with one attached hydrogen (secondary N) is 3. The molecule has 14 nitrogen and oxygen atoms in total. The Labute approximate surface area is 260 Å². The van der Waals surface area contributed by atoms with Crippen molar-refractivity contribution in [1.82, 2.24) is 9.97 Å². The van der Waals surface area contributed by atoms with Crippen molar-refractivity contribution in [2.24, 2.45) is 0 Å².